The first-order valence-corrected chi connectivity index (χ1v) is 12.4. The molecule has 7 rings (SSSR count). The Hall–Kier alpha value is -3.28. The van der Waals surface area contributed by atoms with E-state index in [0.29, 0.717) is 5.92 Å². The van der Waals surface area contributed by atoms with E-state index in [4.69, 9.17) is 10.1 Å². The molecule has 0 amide bonds. The Bertz CT molecular complexity index is 1820. The molecule has 0 radical (unpaired) electrons. The van der Waals surface area contributed by atoms with Gasteiger partial charge >= 0.3 is 0 Å². The Morgan fingerprint density at radius 2 is 1.34 bits per heavy atom. The molecule has 0 aliphatic rings. The first kappa shape index (κ1) is 18.3. The Morgan fingerprint density at radius 1 is 0.688 bits per heavy atom. The van der Waals surface area contributed by atoms with Crippen LogP contribution in [0.5, 0.6) is 0 Å². The third-order valence-electron chi connectivity index (χ3n) is 6.20. The van der Waals surface area contributed by atoms with Gasteiger partial charge in [-0.05, 0) is 12.1 Å². The van der Waals surface area contributed by atoms with Gasteiger partial charge in [0.2, 0.25) is 0 Å². The van der Waals surface area contributed by atoms with Crippen LogP contribution in [0, 0.1) is 0 Å². The van der Waals surface area contributed by atoms with Crippen molar-refractivity contribution in [2.24, 2.45) is 0 Å². The summed E-state index contributed by atoms with van der Waals surface area (Å²) in [6.45, 7) is 4.28. The lowest BCUT2D eigenvalue weighted by molar-refractivity contribution is 0.765. The molecule has 7 aromatic rings. The number of rotatable bonds is 2. The minimum atomic E-state index is 0.306. The molecular formula is C27H19N3S2. The summed E-state index contributed by atoms with van der Waals surface area (Å²) >= 11 is 3.72. The molecule has 3 nitrogen and oxygen atoms in total. The van der Waals surface area contributed by atoms with Crippen molar-refractivity contribution in [1.82, 2.24) is 14.6 Å². The Labute approximate surface area is 192 Å². The van der Waals surface area contributed by atoms with Crippen LogP contribution in [0.3, 0.4) is 0 Å². The van der Waals surface area contributed by atoms with Crippen LogP contribution >= 0.6 is 22.7 Å². The first-order valence-electron chi connectivity index (χ1n) is 10.8. The second kappa shape index (κ2) is 6.61. The Balaban J connectivity index is 1.57. The third kappa shape index (κ3) is 2.46. The molecule has 4 heterocycles. The summed E-state index contributed by atoms with van der Waals surface area (Å²) in [7, 11) is 0. The Morgan fingerprint density at radius 3 is 2.12 bits per heavy atom. The van der Waals surface area contributed by atoms with Gasteiger partial charge in [0.05, 0.1) is 4.70 Å². The fraction of sp³-hybridized carbons (Fsp3) is 0.111. The van der Waals surface area contributed by atoms with Crippen molar-refractivity contribution in [3.05, 3.63) is 78.8 Å². The van der Waals surface area contributed by atoms with Crippen molar-refractivity contribution >= 4 is 68.7 Å². The molecule has 0 bridgehead atoms. The molecular weight excluding hydrogens is 430 g/mol. The second-order valence-corrected chi connectivity index (χ2v) is 10.6. The summed E-state index contributed by atoms with van der Waals surface area (Å²) in [6.07, 6.45) is 2.04. The molecule has 4 aromatic heterocycles. The maximum absolute atomic E-state index is 4.88. The summed E-state index contributed by atoms with van der Waals surface area (Å²) in [5, 5.41) is 9.91. The first-order chi connectivity index (χ1) is 15.7. The van der Waals surface area contributed by atoms with Crippen LogP contribution in [0.1, 0.15) is 25.6 Å². The maximum Gasteiger partial charge on any atom is 0.173 e. The van der Waals surface area contributed by atoms with Gasteiger partial charge in [-0.1, -0.05) is 68.4 Å². The molecule has 154 valence electrons. The van der Waals surface area contributed by atoms with Crippen molar-refractivity contribution in [2.45, 2.75) is 19.8 Å². The van der Waals surface area contributed by atoms with Gasteiger partial charge in [0.1, 0.15) is 0 Å². The van der Waals surface area contributed by atoms with Gasteiger partial charge in [-0.15, -0.1) is 22.7 Å². The van der Waals surface area contributed by atoms with Gasteiger partial charge in [0.15, 0.2) is 11.5 Å². The minimum Gasteiger partial charge on any atom is -0.219 e. The summed E-state index contributed by atoms with van der Waals surface area (Å²) in [5.41, 5.74) is 3.56. The average molecular weight is 450 g/mol. The fourth-order valence-electron chi connectivity index (χ4n) is 4.63. The monoisotopic (exact) mass is 449 g/mol. The zero-order valence-corrected chi connectivity index (χ0v) is 19.3. The lowest BCUT2D eigenvalue weighted by Gasteiger charge is -2.05. The van der Waals surface area contributed by atoms with Crippen LogP contribution in [0.4, 0.5) is 0 Å². The summed E-state index contributed by atoms with van der Waals surface area (Å²) in [4.78, 5) is 4.88. The fourth-order valence-corrected chi connectivity index (χ4v) is 7.16. The number of hydrogen-bond acceptors (Lipinski definition) is 4. The number of thiophene rings is 2. The molecule has 3 aromatic carbocycles. The Kier molecular flexibility index (Phi) is 3.78. The van der Waals surface area contributed by atoms with E-state index in [1.807, 2.05) is 33.4 Å². The zero-order valence-electron chi connectivity index (χ0n) is 17.7. The molecule has 0 aliphatic heterocycles. The largest absolute Gasteiger partial charge is 0.219 e. The number of pyridine rings is 1. The topological polar surface area (TPSA) is 30.2 Å². The van der Waals surface area contributed by atoms with Gasteiger partial charge in [-0.25, -0.2) is 9.50 Å². The molecule has 0 spiro atoms. The smallest absolute Gasteiger partial charge is 0.173 e. The van der Waals surface area contributed by atoms with Gasteiger partial charge in [-0.3, -0.25) is 0 Å². The molecule has 0 unspecified atom stereocenters. The minimum absolute atomic E-state index is 0.306. The number of aromatic nitrogens is 3. The van der Waals surface area contributed by atoms with Crippen molar-refractivity contribution in [2.75, 3.05) is 0 Å². The summed E-state index contributed by atoms with van der Waals surface area (Å²) in [6, 6.07) is 24.3. The van der Waals surface area contributed by atoms with Crippen molar-refractivity contribution in [3.63, 3.8) is 0 Å². The van der Waals surface area contributed by atoms with E-state index in [2.05, 4.69) is 80.6 Å². The van der Waals surface area contributed by atoms with Crippen molar-refractivity contribution < 1.29 is 0 Å². The number of nitrogens with zero attached hydrogens (tertiary/aromatic N) is 3. The van der Waals surface area contributed by atoms with Crippen LogP contribution in [0.2, 0.25) is 0 Å². The van der Waals surface area contributed by atoms with E-state index in [9.17, 15) is 0 Å². The van der Waals surface area contributed by atoms with Crippen LogP contribution in [0.15, 0.2) is 72.9 Å². The molecule has 32 heavy (non-hydrogen) atoms. The lowest BCUT2D eigenvalue weighted by atomic mass is 10.0. The van der Waals surface area contributed by atoms with Crippen molar-refractivity contribution in [1.29, 1.82) is 0 Å². The molecule has 0 N–H and O–H groups in total. The predicted molar refractivity (Wildman–Crippen MR) is 138 cm³/mol. The average Bonchev–Trinajstić information content (AvgIpc) is 3.51. The van der Waals surface area contributed by atoms with E-state index in [0.717, 1.165) is 11.5 Å². The molecule has 0 fully saturated rings. The molecule has 0 saturated carbocycles. The van der Waals surface area contributed by atoms with Crippen LogP contribution in [0.25, 0.3) is 57.1 Å². The van der Waals surface area contributed by atoms with Crippen LogP contribution in [-0.4, -0.2) is 14.6 Å². The quantitative estimate of drug-likeness (QED) is 0.266. The van der Waals surface area contributed by atoms with Crippen LogP contribution < -0.4 is 0 Å². The summed E-state index contributed by atoms with van der Waals surface area (Å²) < 4.78 is 7.14. The van der Waals surface area contributed by atoms with Gasteiger partial charge in [0, 0.05) is 58.9 Å². The van der Waals surface area contributed by atoms with E-state index in [1.165, 1.54) is 51.5 Å². The summed E-state index contributed by atoms with van der Waals surface area (Å²) in [5.74, 6) is 1.20. The van der Waals surface area contributed by atoms with E-state index < -0.39 is 0 Å². The lowest BCUT2D eigenvalue weighted by Crippen LogP contribution is -1.90. The highest BCUT2D eigenvalue weighted by Gasteiger charge is 2.17. The highest BCUT2D eigenvalue weighted by molar-refractivity contribution is 7.27. The molecule has 0 atom stereocenters. The number of hydrogen-bond donors (Lipinski definition) is 0. The normalized spacial score (nSPS) is 12.3. The van der Waals surface area contributed by atoms with E-state index in [1.54, 1.807) is 0 Å². The van der Waals surface area contributed by atoms with Gasteiger partial charge in [-0.2, -0.15) is 5.10 Å². The van der Waals surface area contributed by atoms with Gasteiger partial charge < -0.3 is 0 Å². The molecule has 0 saturated heterocycles. The zero-order chi connectivity index (χ0) is 21.4. The molecule has 0 aliphatic carbocycles. The van der Waals surface area contributed by atoms with Gasteiger partial charge in [0.25, 0.3) is 0 Å². The van der Waals surface area contributed by atoms with E-state index >= 15 is 0 Å². The predicted octanol–water partition coefficient (Wildman–Crippen LogP) is 8.26. The third-order valence-corrected chi connectivity index (χ3v) is 8.67. The van der Waals surface area contributed by atoms with Crippen LogP contribution in [-0.2, 0) is 0 Å². The van der Waals surface area contributed by atoms with Crippen molar-refractivity contribution in [3.8, 4) is 11.1 Å². The highest BCUT2D eigenvalue weighted by Crippen LogP contribution is 2.45. The standard InChI is InChI=1S/C27H19N3S2/c1-15(2)26-28-27-25-21(13-14-30(27)29-26)20-11-6-10-19(24(20)32-25)18-9-5-8-17-16-7-3-4-12-22(16)31-23(17)18/h3-15H,1-2H3. The molecule has 5 heteroatoms. The second-order valence-electron chi connectivity index (χ2n) is 8.52. The SMILES string of the molecule is CC(C)c1nc2c3sc4c(-c5cccc6c5sc5ccccc56)cccc4c3ccn2n1. The number of fused-ring (bicyclic) bond motifs is 8. The van der Waals surface area contributed by atoms with E-state index in [-0.39, 0.29) is 0 Å². The number of benzene rings is 3. The maximum atomic E-state index is 4.88. The highest BCUT2D eigenvalue weighted by atomic mass is 32.1.